The van der Waals surface area contributed by atoms with Crippen LogP contribution in [0.15, 0.2) is 24.3 Å². The van der Waals surface area contributed by atoms with Gasteiger partial charge in [-0.1, -0.05) is 32.0 Å². The summed E-state index contributed by atoms with van der Waals surface area (Å²) in [5.74, 6) is 0.701. The predicted molar refractivity (Wildman–Crippen MR) is 80.8 cm³/mol. The number of hydrogen-bond donors (Lipinski definition) is 3. The van der Waals surface area contributed by atoms with Crippen LogP contribution in [0.2, 0.25) is 0 Å². The first kappa shape index (κ1) is 17.0. The lowest BCUT2D eigenvalue weighted by Crippen LogP contribution is -2.51. The van der Waals surface area contributed by atoms with E-state index >= 15 is 0 Å². The third kappa shape index (κ3) is 5.12. The highest BCUT2D eigenvalue weighted by Gasteiger charge is 2.27. The van der Waals surface area contributed by atoms with E-state index in [1.807, 2.05) is 38.1 Å². The number of aliphatic hydroxyl groups excluding tert-OH is 2. The van der Waals surface area contributed by atoms with Crippen LogP contribution in [0.4, 0.5) is 0 Å². The van der Waals surface area contributed by atoms with Crippen LogP contribution in [-0.2, 0) is 6.61 Å². The van der Waals surface area contributed by atoms with Crippen molar-refractivity contribution in [2.75, 3.05) is 6.61 Å². The Morgan fingerprint density at radius 2 is 1.85 bits per heavy atom. The quantitative estimate of drug-likeness (QED) is 0.683. The molecule has 2 unspecified atom stereocenters. The predicted octanol–water partition coefficient (Wildman–Crippen LogP) is 2.09. The van der Waals surface area contributed by atoms with Crippen molar-refractivity contribution in [3.05, 3.63) is 29.8 Å². The van der Waals surface area contributed by atoms with Crippen LogP contribution < -0.4 is 10.1 Å². The van der Waals surface area contributed by atoms with Gasteiger partial charge < -0.3 is 20.3 Å². The standard InChI is InChI=1S/C16H27NO3/c1-12(2)17-16(4,11-19)9-13(3)20-15-8-6-5-7-14(15)10-18/h5-8,12-13,17-19H,9-11H2,1-4H3. The summed E-state index contributed by atoms with van der Waals surface area (Å²) in [7, 11) is 0. The number of nitrogens with one attached hydrogen (secondary N) is 1. The highest BCUT2D eigenvalue weighted by molar-refractivity contribution is 5.32. The van der Waals surface area contributed by atoms with Gasteiger partial charge in [0.05, 0.1) is 19.3 Å². The van der Waals surface area contributed by atoms with E-state index in [-0.39, 0.29) is 24.9 Å². The first-order valence-electron chi connectivity index (χ1n) is 7.14. The molecule has 0 aromatic heterocycles. The lowest BCUT2D eigenvalue weighted by Gasteiger charge is -2.33. The third-order valence-corrected chi connectivity index (χ3v) is 3.20. The molecule has 1 aromatic rings. The first-order valence-corrected chi connectivity index (χ1v) is 7.14. The number of aliphatic hydroxyl groups is 2. The summed E-state index contributed by atoms with van der Waals surface area (Å²) in [5.41, 5.74) is 0.406. The maximum absolute atomic E-state index is 9.59. The van der Waals surface area contributed by atoms with Gasteiger partial charge >= 0.3 is 0 Å². The second-order valence-electron chi connectivity index (χ2n) is 5.92. The van der Waals surface area contributed by atoms with Gasteiger partial charge in [0, 0.05) is 23.6 Å². The molecule has 0 saturated heterocycles. The van der Waals surface area contributed by atoms with Gasteiger partial charge in [0.2, 0.25) is 0 Å². The Morgan fingerprint density at radius 1 is 1.20 bits per heavy atom. The minimum atomic E-state index is -0.373. The molecule has 2 atom stereocenters. The highest BCUT2D eigenvalue weighted by atomic mass is 16.5. The second-order valence-corrected chi connectivity index (χ2v) is 5.92. The number of ether oxygens (including phenoxy) is 1. The number of rotatable bonds is 8. The van der Waals surface area contributed by atoms with E-state index in [4.69, 9.17) is 4.74 Å². The summed E-state index contributed by atoms with van der Waals surface area (Å²) in [4.78, 5) is 0. The Labute approximate surface area is 121 Å². The molecule has 4 heteroatoms. The fourth-order valence-corrected chi connectivity index (χ4v) is 2.51. The summed E-state index contributed by atoms with van der Waals surface area (Å²) in [6.07, 6.45) is 0.618. The Kier molecular flexibility index (Phi) is 6.46. The lowest BCUT2D eigenvalue weighted by atomic mass is 9.94. The van der Waals surface area contributed by atoms with Gasteiger partial charge in [0.25, 0.3) is 0 Å². The van der Waals surface area contributed by atoms with Crippen LogP contribution in [0.5, 0.6) is 5.75 Å². The van der Waals surface area contributed by atoms with E-state index < -0.39 is 0 Å². The van der Waals surface area contributed by atoms with E-state index in [9.17, 15) is 10.2 Å². The molecule has 4 nitrogen and oxygen atoms in total. The zero-order valence-electron chi connectivity index (χ0n) is 12.9. The molecule has 114 valence electrons. The Bertz CT molecular complexity index is 408. The average Bonchev–Trinajstić information content (AvgIpc) is 2.38. The van der Waals surface area contributed by atoms with Crippen molar-refractivity contribution in [1.82, 2.24) is 5.32 Å². The molecular formula is C16H27NO3. The van der Waals surface area contributed by atoms with Crippen molar-refractivity contribution in [3.63, 3.8) is 0 Å². The minimum Gasteiger partial charge on any atom is -0.490 e. The van der Waals surface area contributed by atoms with Gasteiger partial charge in [-0.3, -0.25) is 0 Å². The van der Waals surface area contributed by atoms with Crippen molar-refractivity contribution in [2.24, 2.45) is 0 Å². The van der Waals surface area contributed by atoms with Crippen molar-refractivity contribution in [2.45, 2.75) is 58.4 Å². The Morgan fingerprint density at radius 3 is 2.40 bits per heavy atom. The van der Waals surface area contributed by atoms with Crippen LogP contribution in [0.25, 0.3) is 0 Å². The number of benzene rings is 1. The molecule has 3 N–H and O–H groups in total. The molecule has 1 rings (SSSR count). The maximum atomic E-state index is 9.59. The Hall–Kier alpha value is -1.10. The highest BCUT2D eigenvalue weighted by Crippen LogP contribution is 2.22. The second kappa shape index (κ2) is 7.62. The van der Waals surface area contributed by atoms with E-state index in [0.717, 1.165) is 5.56 Å². The zero-order valence-corrected chi connectivity index (χ0v) is 12.9. The van der Waals surface area contributed by atoms with Crippen LogP contribution in [0.3, 0.4) is 0 Å². The van der Waals surface area contributed by atoms with Crippen LogP contribution >= 0.6 is 0 Å². The van der Waals surface area contributed by atoms with Crippen molar-refractivity contribution < 1.29 is 14.9 Å². The van der Waals surface area contributed by atoms with E-state index in [0.29, 0.717) is 18.2 Å². The maximum Gasteiger partial charge on any atom is 0.125 e. The summed E-state index contributed by atoms with van der Waals surface area (Å²) in [6, 6.07) is 7.76. The molecule has 0 heterocycles. The summed E-state index contributed by atoms with van der Waals surface area (Å²) in [6.45, 7) is 8.10. The number of hydrogen-bond acceptors (Lipinski definition) is 4. The molecule has 0 bridgehead atoms. The third-order valence-electron chi connectivity index (χ3n) is 3.20. The summed E-state index contributed by atoms with van der Waals surface area (Å²) < 4.78 is 5.90. The molecule has 0 fully saturated rings. The molecule has 0 saturated carbocycles. The topological polar surface area (TPSA) is 61.7 Å². The molecule has 0 amide bonds. The average molecular weight is 281 g/mol. The molecule has 0 aliphatic carbocycles. The van der Waals surface area contributed by atoms with Crippen molar-refractivity contribution >= 4 is 0 Å². The van der Waals surface area contributed by atoms with Gasteiger partial charge in [-0.2, -0.15) is 0 Å². The molecule has 1 aromatic carbocycles. The molecule has 0 aliphatic rings. The van der Waals surface area contributed by atoms with Gasteiger partial charge in [0.15, 0.2) is 0 Å². The van der Waals surface area contributed by atoms with E-state index in [1.165, 1.54) is 0 Å². The monoisotopic (exact) mass is 281 g/mol. The first-order chi connectivity index (χ1) is 9.40. The smallest absolute Gasteiger partial charge is 0.125 e. The van der Waals surface area contributed by atoms with Crippen molar-refractivity contribution in [1.29, 1.82) is 0 Å². The molecule has 0 aliphatic heterocycles. The van der Waals surface area contributed by atoms with Crippen LogP contribution in [-0.4, -0.2) is 34.5 Å². The van der Waals surface area contributed by atoms with E-state index in [1.54, 1.807) is 0 Å². The van der Waals surface area contributed by atoms with Gasteiger partial charge in [0.1, 0.15) is 5.75 Å². The van der Waals surface area contributed by atoms with Gasteiger partial charge in [-0.25, -0.2) is 0 Å². The fraction of sp³-hybridized carbons (Fsp3) is 0.625. The largest absolute Gasteiger partial charge is 0.490 e. The molecular weight excluding hydrogens is 254 g/mol. The van der Waals surface area contributed by atoms with Crippen LogP contribution in [0, 0.1) is 0 Å². The van der Waals surface area contributed by atoms with Gasteiger partial charge in [-0.15, -0.1) is 0 Å². The SMILES string of the molecule is CC(C)NC(C)(CO)CC(C)Oc1ccccc1CO. The summed E-state index contributed by atoms with van der Waals surface area (Å²) in [5, 5.41) is 22.3. The lowest BCUT2D eigenvalue weighted by molar-refractivity contribution is 0.103. The Balaban J connectivity index is 2.68. The normalized spacial score (nSPS) is 15.9. The molecule has 0 spiro atoms. The molecule has 0 radical (unpaired) electrons. The molecule has 20 heavy (non-hydrogen) atoms. The van der Waals surface area contributed by atoms with Crippen LogP contribution in [0.1, 0.15) is 39.7 Å². The number of para-hydroxylation sites is 1. The zero-order chi connectivity index (χ0) is 15.2. The fourth-order valence-electron chi connectivity index (χ4n) is 2.51. The summed E-state index contributed by atoms with van der Waals surface area (Å²) >= 11 is 0. The van der Waals surface area contributed by atoms with Crippen molar-refractivity contribution in [3.8, 4) is 5.75 Å². The van der Waals surface area contributed by atoms with E-state index in [2.05, 4.69) is 19.2 Å². The van der Waals surface area contributed by atoms with Gasteiger partial charge in [-0.05, 0) is 19.9 Å². The minimum absolute atomic E-state index is 0.0373.